The highest BCUT2D eigenvalue weighted by Crippen LogP contribution is 2.40. The first-order valence-corrected chi connectivity index (χ1v) is 14.2. The van der Waals surface area contributed by atoms with E-state index in [1.165, 1.54) is 29.3 Å². The maximum Gasteiger partial charge on any atom is 0.337 e. The van der Waals surface area contributed by atoms with Gasteiger partial charge in [-0.15, -0.1) is 0 Å². The van der Waals surface area contributed by atoms with E-state index in [9.17, 15) is 24.8 Å². The zero-order valence-corrected chi connectivity index (χ0v) is 24.8. The second kappa shape index (κ2) is 13.9. The van der Waals surface area contributed by atoms with Gasteiger partial charge in [-0.25, -0.2) is 9.59 Å². The smallest absolute Gasteiger partial charge is 0.337 e. The molecule has 0 saturated carbocycles. The summed E-state index contributed by atoms with van der Waals surface area (Å²) in [7, 11) is 1.98. The van der Waals surface area contributed by atoms with Crippen molar-refractivity contribution >= 4 is 17.6 Å². The fraction of sp³-hybridized carbons (Fsp3) is 0.294. The third-order valence-corrected chi connectivity index (χ3v) is 7.71. The Hall–Kier alpha value is -4.76. The third kappa shape index (κ3) is 7.55. The minimum absolute atomic E-state index is 0.0596. The van der Waals surface area contributed by atoms with Crippen LogP contribution in [0.2, 0.25) is 0 Å². The van der Waals surface area contributed by atoms with Gasteiger partial charge in [0.15, 0.2) is 0 Å². The van der Waals surface area contributed by atoms with Gasteiger partial charge in [-0.3, -0.25) is 10.1 Å². The van der Waals surface area contributed by atoms with E-state index < -0.39 is 28.9 Å². The molecule has 0 saturated heterocycles. The van der Waals surface area contributed by atoms with E-state index in [2.05, 4.69) is 34.5 Å². The molecule has 3 aromatic rings. The minimum Gasteiger partial charge on any atom is -0.478 e. The Morgan fingerprint density at radius 2 is 1.53 bits per heavy atom. The molecule has 224 valence electrons. The maximum atomic E-state index is 13.6. The average Bonchev–Trinajstić information content (AvgIpc) is 2.97. The van der Waals surface area contributed by atoms with E-state index in [1.54, 1.807) is 26.8 Å². The monoisotopic (exact) mass is 583 g/mol. The second-order valence-corrected chi connectivity index (χ2v) is 10.9. The van der Waals surface area contributed by atoms with Crippen molar-refractivity contribution in [1.82, 2.24) is 10.2 Å². The normalized spacial score (nSPS) is 15.8. The number of non-ortho nitro benzene ring substituents is 1. The molecule has 9 nitrogen and oxygen atoms in total. The fourth-order valence-corrected chi connectivity index (χ4v) is 5.76. The third-order valence-electron chi connectivity index (χ3n) is 7.71. The first kappa shape index (κ1) is 31.2. The summed E-state index contributed by atoms with van der Waals surface area (Å²) in [6, 6.07) is 26.4. The quantitative estimate of drug-likeness (QED) is 0.151. The van der Waals surface area contributed by atoms with Gasteiger partial charge in [0.1, 0.15) is 6.10 Å². The van der Waals surface area contributed by atoms with Gasteiger partial charge in [0.25, 0.3) is 5.69 Å². The molecule has 0 aromatic heterocycles. The molecule has 43 heavy (non-hydrogen) atoms. The number of likely N-dealkylation sites (N-methyl/N-ethyl adjacent to an activating group) is 1. The van der Waals surface area contributed by atoms with Crippen LogP contribution in [0.3, 0.4) is 0 Å². The van der Waals surface area contributed by atoms with E-state index in [0.29, 0.717) is 23.5 Å². The number of allylic oxidation sites excluding steroid dienone is 2. The molecule has 1 aliphatic rings. The highest BCUT2D eigenvalue weighted by Gasteiger charge is 2.38. The molecular formula is C34H37N3O6. The molecular weight excluding hydrogens is 546 g/mol. The fourth-order valence-electron chi connectivity index (χ4n) is 5.76. The Bertz CT molecular complexity index is 1490. The molecule has 2 unspecified atom stereocenters. The van der Waals surface area contributed by atoms with Crippen molar-refractivity contribution in [3.05, 3.63) is 134 Å². The predicted octanol–water partition coefficient (Wildman–Crippen LogP) is 6.00. The number of nitro benzene ring substituents is 1. The summed E-state index contributed by atoms with van der Waals surface area (Å²) in [6.45, 7) is 6.29. The van der Waals surface area contributed by atoms with Crippen molar-refractivity contribution < 1.29 is 24.4 Å². The lowest BCUT2D eigenvalue weighted by molar-refractivity contribution is -0.384. The first-order chi connectivity index (χ1) is 20.6. The van der Waals surface area contributed by atoms with E-state index in [4.69, 9.17) is 4.74 Å². The molecule has 0 radical (unpaired) electrons. The van der Waals surface area contributed by atoms with Gasteiger partial charge < -0.3 is 20.1 Å². The van der Waals surface area contributed by atoms with Crippen LogP contribution in [0, 0.1) is 10.1 Å². The number of aliphatic carboxylic acids is 1. The van der Waals surface area contributed by atoms with Crippen molar-refractivity contribution in [3.63, 3.8) is 0 Å². The lowest BCUT2D eigenvalue weighted by Crippen LogP contribution is -2.35. The number of esters is 1. The van der Waals surface area contributed by atoms with Crippen LogP contribution in [-0.4, -0.2) is 53.1 Å². The molecule has 2 N–H and O–H groups in total. The Morgan fingerprint density at radius 3 is 2.09 bits per heavy atom. The zero-order valence-electron chi connectivity index (χ0n) is 24.8. The van der Waals surface area contributed by atoms with Crippen molar-refractivity contribution in [2.75, 3.05) is 20.1 Å². The van der Waals surface area contributed by atoms with Crippen LogP contribution in [0.4, 0.5) is 5.69 Å². The van der Waals surface area contributed by atoms with Crippen molar-refractivity contribution in [3.8, 4) is 0 Å². The molecule has 1 heterocycles. The summed E-state index contributed by atoms with van der Waals surface area (Å²) in [5.41, 5.74) is 3.47. The number of benzene rings is 3. The van der Waals surface area contributed by atoms with Crippen LogP contribution in [0.5, 0.6) is 0 Å². The molecule has 0 spiro atoms. The number of hydrogen-bond donors (Lipinski definition) is 2. The molecule has 1 aliphatic heterocycles. The van der Waals surface area contributed by atoms with E-state index in [0.717, 1.165) is 13.0 Å². The van der Waals surface area contributed by atoms with E-state index >= 15 is 0 Å². The summed E-state index contributed by atoms with van der Waals surface area (Å²) in [4.78, 5) is 39.0. The van der Waals surface area contributed by atoms with E-state index in [-0.39, 0.29) is 22.8 Å². The number of dihydropyridines is 1. The summed E-state index contributed by atoms with van der Waals surface area (Å²) in [5.74, 6) is -2.71. The number of carbonyl (C=O) groups is 2. The molecule has 0 aliphatic carbocycles. The van der Waals surface area contributed by atoms with Crippen molar-refractivity contribution in [2.45, 2.75) is 45.1 Å². The topological polar surface area (TPSA) is 122 Å². The molecule has 3 aromatic carbocycles. The van der Waals surface area contributed by atoms with Crippen LogP contribution in [0.1, 0.15) is 55.7 Å². The van der Waals surface area contributed by atoms with Crippen LogP contribution in [0.25, 0.3) is 0 Å². The van der Waals surface area contributed by atoms with Crippen LogP contribution < -0.4 is 5.32 Å². The molecule has 4 rings (SSSR count). The average molecular weight is 584 g/mol. The lowest BCUT2D eigenvalue weighted by Gasteiger charge is -2.31. The summed E-state index contributed by atoms with van der Waals surface area (Å²) >= 11 is 0. The number of nitrogens with one attached hydrogen (secondary N) is 1. The minimum atomic E-state index is -1.22. The number of rotatable bonds is 12. The summed E-state index contributed by atoms with van der Waals surface area (Å²) < 4.78 is 5.87. The van der Waals surface area contributed by atoms with Gasteiger partial charge in [0.05, 0.1) is 22.0 Å². The van der Waals surface area contributed by atoms with Gasteiger partial charge in [0, 0.05) is 36.0 Å². The van der Waals surface area contributed by atoms with Crippen LogP contribution in [-0.2, 0) is 14.3 Å². The first-order valence-electron chi connectivity index (χ1n) is 14.2. The van der Waals surface area contributed by atoms with Gasteiger partial charge in [-0.1, -0.05) is 72.8 Å². The van der Waals surface area contributed by atoms with Crippen molar-refractivity contribution in [1.29, 1.82) is 0 Å². The predicted molar refractivity (Wildman–Crippen MR) is 164 cm³/mol. The Labute approximate surface area is 251 Å². The molecule has 9 heteroatoms. The van der Waals surface area contributed by atoms with Crippen LogP contribution in [0.15, 0.2) is 107 Å². The highest BCUT2D eigenvalue weighted by molar-refractivity contribution is 5.99. The largest absolute Gasteiger partial charge is 0.478 e. The number of nitrogens with zero attached hydrogens (tertiary/aromatic N) is 2. The van der Waals surface area contributed by atoms with Crippen LogP contribution >= 0.6 is 0 Å². The van der Waals surface area contributed by atoms with Gasteiger partial charge in [-0.05, 0) is 57.5 Å². The number of ether oxygens (including phenoxy) is 1. The standard InChI is InChI=1S/C34H37N3O6/c1-22(21-36(4)19-18-29(25-12-7-5-8-13-25)26-14-9-6-10-15-26)43-34(40)31-24(3)35-23(2)30(33(38)39)32(31)27-16-11-17-28(20-27)37(41)42/h5-17,20,22,29,32,35H,18-19,21H2,1-4H3,(H,38,39). The number of carbonyl (C=O) groups excluding carboxylic acids is 1. The zero-order chi connectivity index (χ0) is 31.1. The summed E-state index contributed by atoms with van der Waals surface area (Å²) in [5, 5.41) is 24.5. The highest BCUT2D eigenvalue weighted by atomic mass is 16.6. The number of nitro groups is 1. The van der Waals surface area contributed by atoms with Crippen molar-refractivity contribution in [2.24, 2.45) is 0 Å². The summed E-state index contributed by atoms with van der Waals surface area (Å²) in [6.07, 6.45) is 0.357. The van der Waals surface area contributed by atoms with Gasteiger partial charge >= 0.3 is 11.9 Å². The SMILES string of the molecule is CC1=C(C(=O)O)C(c2cccc([N+](=O)[O-])c2)C(C(=O)OC(C)CN(C)CCC(c2ccccc2)c2ccccc2)=C(C)N1. The Kier molecular flexibility index (Phi) is 10.1. The van der Waals surface area contributed by atoms with Gasteiger partial charge in [-0.2, -0.15) is 0 Å². The second-order valence-electron chi connectivity index (χ2n) is 10.9. The molecule has 0 fully saturated rings. The lowest BCUT2D eigenvalue weighted by atomic mass is 9.80. The maximum absolute atomic E-state index is 13.6. The van der Waals surface area contributed by atoms with Gasteiger partial charge in [0.2, 0.25) is 0 Å². The molecule has 0 bridgehead atoms. The number of carboxylic acids is 1. The Balaban J connectivity index is 1.49. The number of hydrogen-bond acceptors (Lipinski definition) is 7. The molecule has 2 atom stereocenters. The van der Waals surface area contributed by atoms with E-state index in [1.807, 2.05) is 43.4 Å². The number of carboxylic acid groups (broad SMARTS) is 1. The molecule has 0 amide bonds. The Morgan fingerprint density at radius 1 is 0.953 bits per heavy atom.